The van der Waals surface area contributed by atoms with E-state index in [1.165, 1.54) is 0 Å². The van der Waals surface area contributed by atoms with E-state index >= 15 is 0 Å². The molecule has 0 aliphatic carbocycles. The van der Waals surface area contributed by atoms with Gasteiger partial charge in [-0.05, 0) is 34.2 Å². The Labute approximate surface area is 401 Å². The number of benzene rings is 5. The molecule has 0 aromatic heterocycles. The van der Waals surface area contributed by atoms with Crippen LogP contribution < -0.4 is 5.73 Å². The normalized spacial score (nSPS) is 25.4. The molecule has 2 aliphatic heterocycles. The molecule has 69 heavy (non-hydrogen) atoms. The van der Waals surface area contributed by atoms with Gasteiger partial charge >= 0.3 is 11.9 Å². The molecular weight excluding hydrogens is 910 g/mol. The van der Waals surface area contributed by atoms with Crippen molar-refractivity contribution in [3.05, 3.63) is 179 Å². The Morgan fingerprint density at radius 3 is 1.54 bits per heavy atom. The lowest BCUT2D eigenvalue weighted by Crippen LogP contribution is -2.66. The Hall–Kier alpha value is -5.17. The molecule has 5 aromatic carbocycles. The summed E-state index contributed by atoms with van der Waals surface area (Å²) in [6, 6.07) is 44.9. The van der Waals surface area contributed by atoms with E-state index in [9.17, 15) is 34.6 Å². The fraction of sp³-hybridized carbons (Fsp3) is 0.385. The monoisotopic (exact) mass is 969 g/mol. The van der Waals surface area contributed by atoms with Gasteiger partial charge in [-0.25, -0.2) is 0 Å². The SMILES string of the molecule is N[C@@H](CCC(=O)O)C(=O)O[C@H]1O[C@H](COCc2ccccc2)[C@@H](OCc2ccccc2)[C@H](OCc2ccccc2)[C@@H]1O[C@H]1O[C@H](COP(=O)(Cc2ccccc2)Cc2ccccc2)[C@@H](O)[C@H](O)[C@@H]1O. The molecule has 368 valence electrons. The molecule has 5 aromatic rings. The molecule has 0 amide bonds. The molecule has 0 spiro atoms. The van der Waals surface area contributed by atoms with Gasteiger partial charge in [0.2, 0.25) is 13.7 Å². The van der Waals surface area contributed by atoms with Gasteiger partial charge in [0.05, 0.1) is 45.4 Å². The zero-order valence-corrected chi connectivity index (χ0v) is 38.8. The number of aliphatic carboxylic acids is 1. The number of ether oxygens (including phenoxy) is 7. The minimum atomic E-state index is -3.57. The van der Waals surface area contributed by atoms with Crippen LogP contribution in [0.15, 0.2) is 152 Å². The third kappa shape index (κ3) is 15.2. The highest BCUT2D eigenvalue weighted by atomic mass is 31.2. The zero-order valence-electron chi connectivity index (χ0n) is 38.0. The number of carboxylic acids is 1. The van der Waals surface area contributed by atoms with Crippen LogP contribution in [-0.2, 0) is 84.0 Å². The average molecular weight is 970 g/mol. The first kappa shape index (κ1) is 51.7. The Morgan fingerprint density at radius 1 is 0.565 bits per heavy atom. The van der Waals surface area contributed by atoms with Crippen LogP contribution in [0.25, 0.3) is 0 Å². The molecule has 0 bridgehead atoms. The fourth-order valence-corrected chi connectivity index (χ4v) is 10.3. The smallest absolute Gasteiger partial charge is 0.325 e. The van der Waals surface area contributed by atoms with Crippen molar-refractivity contribution in [3.8, 4) is 0 Å². The number of aliphatic hydroxyl groups excluding tert-OH is 3. The Balaban J connectivity index is 1.20. The minimum absolute atomic E-state index is 0.0169. The van der Waals surface area contributed by atoms with E-state index in [2.05, 4.69) is 0 Å². The fourth-order valence-electron chi connectivity index (χ4n) is 8.04. The summed E-state index contributed by atoms with van der Waals surface area (Å²) in [4.78, 5) is 25.2. The number of esters is 1. The van der Waals surface area contributed by atoms with Crippen molar-refractivity contribution in [2.75, 3.05) is 13.2 Å². The van der Waals surface area contributed by atoms with Gasteiger partial charge in [0.25, 0.3) is 0 Å². The highest BCUT2D eigenvalue weighted by molar-refractivity contribution is 7.57. The average Bonchev–Trinajstić information content (AvgIpc) is 3.36. The molecule has 0 radical (unpaired) electrons. The van der Waals surface area contributed by atoms with Gasteiger partial charge in [-0.1, -0.05) is 152 Å². The predicted molar refractivity (Wildman–Crippen MR) is 251 cm³/mol. The standard InChI is InChI=1S/C52H60NO15P/c53-40(26-27-43(54)55)50(59)68-52-49(67-51-46(58)45(57)44(56)41(65-51)32-64-69(60,33-38-22-12-4-13-23-38)34-39-24-14-5-15-25-39)48(63-30-37-20-10-3-11-21-37)47(62-29-36-18-8-2-9-19-36)42(66-52)31-61-28-35-16-6-1-7-17-35/h1-25,40-42,44-49,51-52,56-58H,26-34,53H2,(H,54,55)/t40-,41+,42+,44+,45-,46-,47+,48-,49-,51+,52+/m0/s1. The summed E-state index contributed by atoms with van der Waals surface area (Å²) in [5.74, 6) is -2.19. The zero-order chi connectivity index (χ0) is 48.6. The van der Waals surface area contributed by atoms with Crippen molar-refractivity contribution in [1.29, 1.82) is 0 Å². The van der Waals surface area contributed by atoms with Crippen LogP contribution in [-0.4, -0.2) is 113 Å². The largest absolute Gasteiger partial charge is 0.481 e. The molecule has 2 fully saturated rings. The van der Waals surface area contributed by atoms with Gasteiger partial charge in [0.1, 0.15) is 48.8 Å². The number of carbonyl (C=O) groups excluding carboxylic acids is 1. The molecule has 0 saturated carbocycles. The van der Waals surface area contributed by atoms with E-state index in [4.69, 9.17) is 43.4 Å². The van der Waals surface area contributed by atoms with Crippen LogP contribution in [0.2, 0.25) is 0 Å². The van der Waals surface area contributed by atoms with Gasteiger partial charge in [0.15, 0.2) is 12.4 Å². The first-order valence-electron chi connectivity index (χ1n) is 22.9. The minimum Gasteiger partial charge on any atom is -0.481 e. The maximum absolute atomic E-state index is 14.7. The van der Waals surface area contributed by atoms with E-state index in [-0.39, 0.29) is 45.2 Å². The maximum atomic E-state index is 14.7. The lowest BCUT2D eigenvalue weighted by atomic mass is 9.96. The maximum Gasteiger partial charge on any atom is 0.325 e. The molecule has 2 heterocycles. The van der Waals surface area contributed by atoms with Crippen LogP contribution in [0.4, 0.5) is 0 Å². The van der Waals surface area contributed by atoms with E-state index in [1.807, 2.05) is 152 Å². The van der Waals surface area contributed by atoms with Crippen LogP contribution in [0, 0.1) is 0 Å². The van der Waals surface area contributed by atoms with Crippen LogP contribution in [0.5, 0.6) is 0 Å². The van der Waals surface area contributed by atoms with Crippen molar-refractivity contribution in [2.24, 2.45) is 5.73 Å². The molecule has 6 N–H and O–H groups in total. The highest BCUT2D eigenvalue weighted by Gasteiger charge is 2.54. The van der Waals surface area contributed by atoms with E-state index in [0.29, 0.717) is 0 Å². The second kappa shape index (κ2) is 25.6. The summed E-state index contributed by atoms with van der Waals surface area (Å²) in [7, 11) is -3.57. The predicted octanol–water partition coefficient (Wildman–Crippen LogP) is 5.72. The second-order valence-corrected chi connectivity index (χ2v) is 19.6. The summed E-state index contributed by atoms with van der Waals surface area (Å²) >= 11 is 0. The van der Waals surface area contributed by atoms with Gasteiger partial charge in [-0.2, -0.15) is 0 Å². The quantitative estimate of drug-likeness (QED) is 0.0368. The van der Waals surface area contributed by atoms with Gasteiger partial charge < -0.3 is 63.8 Å². The molecule has 0 unspecified atom stereocenters. The van der Waals surface area contributed by atoms with Crippen LogP contribution >= 0.6 is 7.37 Å². The first-order chi connectivity index (χ1) is 33.4. The first-order valence-corrected chi connectivity index (χ1v) is 24.9. The Kier molecular flexibility index (Phi) is 19.2. The van der Waals surface area contributed by atoms with E-state index in [1.54, 1.807) is 0 Å². The lowest BCUT2D eigenvalue weighted by molar-refractivity contribution is -0.370. The van der Waals surface area contributed by atoms with Crippen LogP contribution in [0.3, 0.4) is 0 Å². The van der Waals surface area contributed by atoms with Crippen LogP contribution in [0.1, 0.15) is 40.7 Å². The molecule has 7 rings (SSSR count). The summed E-state index contributed by atoms with van der Waals surface area (Å²) < 4.78 is 65.7. The molecule has 2 saturated heterocycles. The summed E-state index contributed by atoms with van der Waals surface area (Å²) in [5, 5.41) is 43.6. The molecular formula is C52H60NO15P. The number of carbonyl (C=O) groups is 2. The number of nitrogens with two attached hydrogens (primary N) is 1. The Morgan fingerprint density at radius 2 is 1.03 bits per heavy atom. The van der Waals surface area contributed by atoms with Gasteiger partial charge in [-0.3, -0.25) is 14.2 Å². The van der Waals surface area contributed by atoms with Crippen molar-refractivity contribution in [2.45, 2.75) is 112 Å². The number of rotatable bonds is 24. The molecule has 2 aliphatic rings. The van der Waals surface area contributed by atoms with E-state index < -0.39 is 99.8 Å². The van der Waals surface area contributed by atoms with E-state index in [0.717, 1.165) is 27.8 Å². The Bertz CT molecular complexity index is 2310. The third-order valence-corrected chi connectivity index (χ3v) is 14.0. The van der Waals surface area contributed by atoms with Gasteiger partial charge in [-0.15, -0.1) is 0 Å². The second-order valence-electron chi connectivity index (χ2n) is 17.1. The summed E-state index contributed by atoms with van der Waals surface area (Å²) in [6.07, 6.45) is -15.8. The summed E-state index contributed by atoms with van der Waals surface area (Å²) in [6.45, 7) is -0.370. The van der Waals surface area contributed by atoms with Gasteiger partial charge in [0, 0.05) is 6.42 Å². The highest BCUT2D eigenvalue weighted by Crippen LogP contribution is 2.54. The van der Waals surface area contributed by atoms with Crippen molar-refractivity contribution >= 4 is 19.3 Å². The molecule has 17 heteroatoms. The van der Waals surface area contributed by atoms with Crippen molar-refractivity contribution < 1.29 is 72.3 Å². The number of aliphatic hydroxyl groups is 3. The number of carboxylic acid groups (broad SMARTS) is 1. The molecule has 16 nitrogen and oxygen atoms in total. The van der Waals surface area contributed by atoms with Crippen molar-refractivity contribution in [3.63, 3.8) is 0 Å². The number of hydrogen-bond donors (Lipinski definition) is 5. The molecule has 11 atom stereocenters. The third-order valence-electron chi connectivity index (χ3n) is 11.7. The summed E-state index contributed by atoms with van der Waals surface area (Å²) in [5.41, 5.74) is 10.1. The topological polar surface area (TPSA) is 232 Å². The number of hydrogen-bond acceptors (Lipinski definition) is 15. The van der Waals surface area contributed by atoms with Crippen molar-refractivity contribution in [1.82, 2.24) is 0 Å². The lowest BCUT2D eigenvalue weighted by Gasteiger charge is -2.48.